The van der Waals surface area contributed by atoms with Crippen molar-refractivity contribution in [1.29, 1.82) is 0 Å². The SMILES string of the molecule is COCc1cccc(C(=O)NCC(O)C(C)C)c1. The van der Waals surface area contributed by atoms with Crippen LogP contribution in [0.3, 0.4) is 0 Å². The lowest BCUT2D eigenvalue weighted by Gasteiger charge is -2.15. The van der Waals surface area contributed by atoms with Crippen molar-refractivity contribution in [2.45, 2.75) is 26.6 Å². The van der Waals surface area contributed by atoms with Gasteiger partial charge in [0.2, 0.25) is 0 Å². The number of ether oxygens (including phenoxy) is 1. The Balaban J connectivity index is 2.58. The fraction of sp³-hybridized carbons (Fsp3) is 0.500. The smallest absolute Gasteiger partial charge is 0.251 e. The molecule has 4 heteroatoms. The topological polar surface area (TPSA) is 58.6 Å². The first-order valence-electron chi connectivity index (χ1n) is 6.08. The van der Waals surface area contributed by atoms with Gasteiger partial charge in [0, 0.05) is 19.2 Å². The Kier molecular flexibility index (Phi) is 5.82. The Bertz CT molecular complexity index is 390. The van der Waals surface area contributed by atoms with Gasteiger partial charge in [-0.15, -0.1) is 0 Å². The largest absolute Gasteiger partial charge is 0.391 e. The second kappa shape index (κ2) is 7.13. The van der Waals surface area contributed by atoms with Gasteiger partial charge < -0.3 is 15.2 Å². The second-order valence-corrected chi connectivity index (χ2v) is 4.65. The summed E-state index contributed by atoms with van der Waals surface area (Å²) in [5, 5.41) is 12.3. The van der Waals surface area contributed by atoms with Gasteiger partial charge in [-0.05, 0) is 23.6 Å². The Morgan fingerprint density at radius 2 is 2.17 bits per heavy atom. The number of benzene rings is 1. The number of rotatable bonds is 6. The molecule has 0 saturated heterocycles. The van der Waals surface area contributed by atoms with Crippen LogP contribution in [-0.4, -0.2) is 30.8 Å². The van der Waals surface area contributed by atoms with Crippen molar-refractivity contribution >= 4 is 5.91 Å². The van der Waals surface area contributed by atoms with Crippen molar-refractivity contribution in [2.24, 2.45) is 5.92 Å². The van der Waals surface area contributed by atoms with Crippen molar-refractivity contribution in [3.8, 4) is 0 Å². The van der Waals surface area contributed by atoms with Crippen LogP contribution < -0.4 is 5.32 Å². The predicted molar refractivity (Wildman–Crippen MR) is 70.3 cm³/mol. The first-order valence-corrected chi connectivity index (χ1v) is 6.08. The molecule has 18 heavy (non-hydrogen) atoms. The minimum atomic E-state index is -0.517. The zero-order valence-corrected chi connectivity index (χ0v) is 11.1. The summed E-state index contributed by atoms with van der Waals surface area (Å²) in [6, 6.07) is 7.27. The molecule has 1 aromatic carbocycles. The van der Waals surface area contributed by atoms with E-state index >= 15 is 0 Å². The number of methoxy groups -OCH3 is 1. The third-order valence-electron chi connectivity index (χ3n) is 2.74. The van der Waals surface area contributed by atoms with Crippen LogP contribution in [-0.2, 0) is 11.3 Å². The van der Waals surface area contributed by atoms with Crippen LogP contribution in [0.15, 0.2) is 24.3 Å². The molecule has 1 aromatic rings. The molecule has 0 aliphatic heterocycles. The van der Waals surface area contributed by atoms with E-state index in [0.29, 0.717) is 12.2 Å². The quantitative estimate of drug-likeness (QED) is 0.807. The molecule has 1 rings (SSSR count). The van der Waals surface area contributed by atoms with Crippen molar-refractivity contribution in [1.82, 2.24) is 5.32 Å². The first-order chi connectivity index (χ1) is 8.54. The third kappa shape index (κ3) is 4.47. The molecular weight excluding hydrogens is 230 g/mol. The highest BCUT2D eigenvalue weighted by molar-refractivity contribution is 5.94. The van der Waals surface area contributed by atoms with Crippen molar-refractivity contribution in [2.75, 3.05) is 13.7 Å². The van der Waals surface area contributed by atoms with Gasteiger partial charge in [0.1, 0.15) is 0 Å². The Labute approximate surface area is 108 Å². The van der Waals surface area contributed by atoms with Crippen molar-refractivity contribution in [3.63, 3.8) is 0 Å². The lowest BCUT2D eigenvalue weighted by molar-refractivity contribution is 0.0871. The molecule has 0 spiro atoms. The van der Waals surface area contributed by atoms with Crippen LogP contribution in [0, 0.1) is 5.92 Å². The monoisotopic (exact) mass is 251 g/mol. The number of hydrogen-bond donors (Lipinski definition) is 2. The first kappa shape index (κ1) is 14.7. The van der Waals surface area contributed by atoms with E-state index < -0.39 is 6.10 Å². The molecule has 0 aliphatic carbocycles. The second-order valence-electron chi connectivity index (χ2n) is 4.65. The highest BCUT2D eigenvalue weighted by Crippen LogP contribution is 2.07. The fourth-order valence-electron chi connectivity index (χ4n) is 1.50. The van der Waals surface area contributed by atoms with E-state index in [1.54, 1.807) is 19.2 Å². The van der Waals surface area contributed by atoms with Gasteiger partial charge in [-0.3, -0.25) is 4.79 Å². The van der Waals surface area contributed by atoms with E-state index in [-0.39, 0.29) is 18.4 Å². The maximum Gasteiger partial charge on any atom is 0.251 e. The van der Waals surface area contributed by atoms with Crippen LogP contribution in [0.2, 0.25) is 0 Å². The highest BCUT2D eigenvalue weighted by Gasteiger charge is 2.12. The zero-order valence-electron chi connectivity index (χ0n) is 11.1. The molecule has 0 radical (unpaired) electrons. The molecule has 1 unspecified atom stereocenters. The van der Waals surface area contributed by atoms with Gasteiger partial charge in [-0.1, -0.05) is 26.0 Å². The number of aliphatic hydroxyl groups excluding tert-OH is 1. The lowest BCUT2D eigenvalue weighted by Crippen LogP contribution is -2.34. The van der Waals surface area contributed by atoms with E-state index in [2.05, 4.69) is 5.32 Å². The number of hydrogen-bond acceptors (Lipinski definition) is 3. The maximum atomic E-state index is 11.9. The standard InChI is InChI=1S/C14H21NO3/c1-10(2)13(16)8-15-14(17)12-6-4-5-11(7-12)9-18-3/h4-7,10,13,16H,8-9H2,1-3H3,(H,15,17). The predicted octanol–water partition coefficient (Wildman–Crippen LogP) is 1.58. The summed E-state index contributed by atoms with van der Waals surface area (Å²) < 4.78 is 5.02. The van der Waals surface area contributed by atoms with E-state index in [0.717, 1.165) is 5.56 Å². The average molecular weight is 251 g/mol. The van der Waals surface area contributed by atoms with Crippen LogP contribution in [0.5, 0.6) is 0 Å². The zero-order chi connectivity index (χ0) is 13.5. The molecule has 0 heterocycles. The fourth-order valence-corrected chi connectivity index (χ4v) is 1.50. The van der Waals surface area contributed by atoms with Gasteiger partial charge in [-0.25, -0.2) is 0 Å². The molecular formula is C14H21NO3. The molecule has 0 saturated carbocycles. The molecule has 4 nitrogen and oxygen atoms in total. The summed E-state index contributed by atoms with van der Waals surface area (Å²) in [6.07, 6.45) is -0.517. The number of amides is 1. The van der Waals surface area contributed by atoms with Gasteiger partial charge in [0.05, 0.1) is 12.7 Å². The molecule has 0 bridgehead atoms. The van der Waals surface area contributed by atoms with E-state index in [1.165, 1.54) is 0 Å². The van der Waals surface area contributed by atoms with Crippen LogP contribution >= 0.6 is 0 Å². The van der Waals surface area contributed by atoms with Crippen LogP contribution in [0.4, 0.5) is 0 Å². The lowest BCUT2D eigenvalue weighted by atomic mass is 10.1. The summed E-state index contributed by atoms with van der Waals surface area (Å²) in [4.78, 5) is 11.9. The van der Waals surface area contributed by atoms with Gasteiger partial charge in [0.25, 0.3) is 5.91 Å². The highest BCUT2D eigenvalue weighted by atomic mass is 16.5. The molecule has 0 aliphatic rings. The van der Waals surface area contributed by atoms with E-state index in [4.69, 9.17) is 4.74 Å². The normalized spacial score (nSPS) is 12.5. The number of aliphatic hydroxyl groups is 1. The van der Waals surface area contributed by atoms with E-state index in [1.807, 2.05) is 26.0 Å². The number of carbonyl (C=O) groups excluding carboxylic acids is 1. The van der Waals surface area contributed by atoms with Gasteiger partial charge >= 0.3 is 0 Å². The summed E-state index contributed by atoms with van der Waals surface area (Å²) in [7, 11) is 1.62. The minimum Gasteiger partial charge on any atom is -0.391 e. The molecule has 0 aromatic heterocycles. The summed E-state index contributed by atoms with van der Waals surface area (Å²) in [6.45, 7) is 4.58. The van der Waals surface area contributed by atoms with Crippen molar-refractivity contribution < 1.29 is 14.6 Å². The van der Waals surface area contributed by atoms with Gasteiger partial charge in [-0.2, -0.15) is 0 Å². The Hall–Kier alpha value is -1.39. The molecule has 1 amide bonds. The molecule has 100 valence electrons. The van der Waals surface area contributed by atoms with E-state index in [9.17, 15) is 9.90 Å². The molecule has 0 fully saturated rings. The van der Waals surface area contributed by atoms with Crippen LogP contribution in [0.1, 0.15) is 29.8 Å². The van der Waals surface area contributed by atoms with Gasteiger partial charge in [0.15, 0.2) is 0 Å². The summed E-state index contributed by atoms with van der Waals surface area (Å²) >= 11 is 0. The summed E-state index contributed by atoms with van der Waals surface area (Å²) in [5.74, 6) is -0.0437. The molecule has 1 atom stereocenters. The number of nitrogens with one attached hydrogen (secondary N) is 1. The Morgan fingerprint density at radius 3 is 2.78 bits per heavy atom. The maximum absolute atomic E-state index is 11.9. The minimum absolute atomic E-state index is 0.130. The van der Waals surface area contributed by atoms with Crippen LogP contribution in [0.25, 0.3) is 0 Å². The summed E-state index contributed by atoms with van der Waals surface area (Å²) in [5.41, 5.74) is 1.54. The van der Waals surface area contributed by atoms with Crippen molar-refractivity contribution in [3.05, 3.63) is 35.4 Å². The number of carbonyl (C=O) groups is 1. The average Bonchev–Trinajstić information content (AvgIpc) is 2.36. The molecule has 2 N–H and O–H groups in total. The third-order valence-corrected chi connectivity index (χ3v) is 2.74. The Morgan fingerprint density at radius 1 is 1.44 bits per heavy atom.